The molecule has 0 fully saturated rings. The summed E-state index contributed by atoms with van der Waals surface area (Å²) in [6, 6.07) is 12.9. The Bertz CT molecular complexity index is 1040. The molecule has 4 rings (SSSR count). The van der Waals surface area contributed by atoms with E-state index < -0.39 is 12.1 Å². The first-order chi connectivity index (χ1) is 12.6. The molecule has 0 amide bonds. The molecule has 1 aliphatic carbocycles. The molecule has 0 aliphatic heterocycles. The SMILES string of the molecule is C[C@@H](OC(=O)c1ccc2c(c1)CCCC2)c1nc2ccccc2c(=O)[nH]1. The van der Waals surface area contributed by atoms with Gasteiger partial charge in [0.2, 0.25) is 0 Å². The van der Waals surface area contributed by atoms with E-state index in [1.54, 1.807) is 25.1 Å². The summed E-state index contributed by atoms with van der Waals surface area (Å²) >= 11 is 0. The van der Waals surface area contributed by atoms with Crippen molar-refractivity contribution in [1.82, 2.24) is 9.97 Å². The van der Waals surface area contributed by atoms with E-state index in [2.05, 4.69) is 9.97 Å². The molecule has 3 aromatic rings. The van der Waals surface area contributed by atoms with Gasteiger partial charge in [-0.05, 0) is 68.0 Å². The van der Waals surface area contributed by atoms with E-state index in [1.807, 2.05) is 24.3 Å². The van der Waals surface area contributed by atoms with Gasteiger partial charge in [0.25, 0.3) is 5.56 Å². The summed E-state index contributed by atoms with van der Waals surface area (Å²) in [6.07, 6.45) is 3.80. The van der Waals surface area contributed by atoms with E-state index in [9.17, 15) is 9.59 Å². The number of fused-ring (bicyclic) bond motifs is 2. The number of aryl methyl sites for hydroxylation is 2. The molecule has 1 heterocycles. The number of ether oxygens (including phenoxy) is 1. The average Bonchev–Trinajstić information content (AvgIpc) is 2.67. The normalized spacial score (nSPS) is 14.7. The van der Waals surface area contributed by atoms with Gasteiger partial charge in [0, 0.05) is 0 Å². The number of carbonyl (C=O) groups is 1. The minimum Gasteiger partial charge on any atom is -0.451 e. The minimum atomic E-state index is -0.643. The van der Waals surface area contributed by atoms with Crippen LogP contribution in [-0.2, 0) is 17.6 Å². The predicted molar refractivity (Wildman–Crippen MR) is 99.3 cm³/mol. The number of rotatable bonds is 3. The summed E-state index contributed by atoms with van der Waals surface area (Å²) in [5.74, 6) is -0.0540. The van der Waals surface area contributed by atoms with Crippen LogP contribution in [0.3, 0.4) is 0 Å². The Balaban J connectivity index is 1.57. The first-order valence-electron chi connectivity index (χ1n) is 8.93. The van der Waals surface area contributed by atoms with Crippen LogP contribution in [0.2, 0.25) is 0 Å². The summed E-state index contributed by atoms with van der Waals surface area (Å²) in [6.45, 7) is 1.71. The maximum Gasteiger partial charge on any atom is 0.338 e. The van der Waals surface area contributed by atoms with Gasteiger partial charge in [-0.1, -0.05) is 18.2 Å². The van der Waals surface area contributed by atoms with Crippen LogP contribution in [-0.4, -0.2) is 15.9 Å². The van der Waals surface area contributed by atoms with E-state index in [1.165, 1.54) is 17.5 Å². The fraction of sp³-hybridized carbons (Fsp3) is 0.286. The van der Waals surface area contributed by atoms with Gasteiger partial charge >= 0.3 is 5.97 Å². The highest BCUT2D eigenvalue weighted by Gasteiger charge is 2.18. The van der Waals surface area contributed by atoms with E-state index in [4.69, 9.17) is 4.74 Å². The van der Waals surface area contributed by atoms with Crippen LogP contribution in [0.4, 0.5) is 0 Å². The van der Waals surface area contributed by atoms with Crippen molar-refractivity contribution in [3.63, 3.8) is 0 Å². The summed E-state index contributed by atoms with van der Waals surface area (Å²) in [5, 5.41) is 0.518. The minimum absolute atomic E-state index is 0.234. The van der Waals surface area contributed by atoms with Crippen molar-refractivity contribution >= 4 is 16.9 Å². The van der Waals surface area contributed by atoms with Gasteiger partial charge in [-0.2, -0.15) is 0 Å². The fourth-order valence-electron chi connectivity index (χ4n) is 3.44. The number of benzene rings is 2. The molecule has 0 bridgehead atoms. The Morgan fingerprint density at radius 2 is 1.88 bits per heavy atom. The molecule has 26 heavy (non-hydrogen) atoms. The van der Waals surface area contributed by atoms with E-state index in [0.29, 0.717) is 22.3 Å². The third-order valence-corrected chi connectivity index (χ3v) is 4.88. The average molecular weight is 348 g/mol. The number of hydrogen-bond acceptors (Lipinski definition) is 4. The molecule has 0 saturated heterocycles. The molecule has 2 aromatic carbocycles. The van der Waals surface area contributed by atoms with Crippen molar-refractivity contribution in [2.45, 2.75) is 38.7 Å². The highest BCUT2D eigenvalue weighted by Crippen LogP contribution is 2.23. The zero-order valence-corrected chi connectivity index (χ0v) is 14.6. The van der Waals surface area contributed by atoms with Crippen LogP contribution in [0.5, 0.6) is 0 Å². The number of aromatic nitrogens is 2. The third kappa shape index (κ3) is 3.12. The summed E-state index contributed by atoms with van der Waals surface area (Å²) in [4.78, 5) is 31.8. The van der Waals surface area contributed by atoms with Crippen molar-refractivity contribution in [3.8, 4) is 0 Å². The van der Waals surface area contributed by atoms with Crippen molar-refractivity contribution in [2.75, 3.05) is 0 Å². The predicted octanol–water partition coefficient (Wildman–Crippen LogP) is 3.72. The molecule has 1 aromatic heterocycles. The van der Waals surface area contributed by atoms with Gasteiger partial charge in [-0.3, -0.25) is 4.79 Å². The first-order valence-corrected chi connectivity index (χ1v) is 8.93. The monoisotopic (exact) mass is 348 g/mol. The van der Waals surface area contributed by atoms with Crippen molar-refractivity contribution in [1.29, 1.82) is 0 Å². The maximum absolute atomic E-state index is 12.5. The lowest BCUT2D eigenvalue weighted by molar-refractivity contribution is 0.0320. The zero-order valence-electron chi connectivity index (χ0n) is 14.6. The smallest absolute Gasteiger partial charge is 0.338 e. The molecule has 1 aliphatic rings. The number of esters is 1. The van der Waals surface area contributed by atoms with Crippen molar-refractivity contribution in [3.05, 3.63) is 75.3 Å². The van der Waals surface area contributed by atoms with Gasteiger partial charge in [0.1, 0.15) is 0 Å². The summed E-state index contributed by atoms with van der Waals surface area (Å²) in [5.41, 5.74) is 3.45. The first kappa shape index (κ1) is 16.5. The molecule has 5 heteroatoms. The molecule has 0 radical (unpaired) electrons. The Morgan fingerprint density at radius 3 is 2.73 bits per heavy atom. The molecule has 1 atom stereocenters. The number of nitrogens with zero attached hydrogens (tertiary/aromatic N) is 1. The molecular formula is C21H20N2O3. The van der Waals surface area contributed by atoms with Gasteiger partial charge in [0.15, 0.2) is 11.9 Å². The largest absolute Gasteiger partial charge is 0.451 e. The quantitative estimate of drug-likeness (QED) is 0.732. The van der Waals surface area contributed by atoms with Crippen LogP contribution < -0.4 is 5.56 Å². The Morgan fingerprint density at radius 1 is 1.12 bits per heavy atom. The van der Waals surface area contributed by atoms with Crippen LogP contribution in [0, 0.1) is 0 Å². The summed E-state index contributed by atoms with van der Waals surface area (Å²) in [7, 11) is 0. The number of aromatic amines is 1. The van der Waals surface area contributed by atoms with E-state index in [0.717, 1.165) is 19.3 Å². The lowest BCUT2D eigenvalue weighted by Gasteiger charge is -2.17. The lowest BCUT2D eigenvalue weighted by atomic mass is 9.90. The fourth-order valence-corrected chi connectivity index (χ4v) is 3.44. The molecule has 132 valence electrons. The number of hydrogen-bond donors (Lipinski definition) is 1. The van der Waals surface area contributed by atoms with E-state index in [-0.39, 0.29) is 5.56 Å². The molecule has 5 nitrogen and oxygen atoms in total. The zero-order chi connectivity index (χ0) is 18.1. The highest BCUT2D eigenvalue weighted by molar-refractivity contribution is 5.90. The highest BCUT2D eigenvalue weighted by atomic mass is 16.5. The number of para-hydroxylation sites is 1. The molecule has 1 N–H and O–H groups in total. The topological polar surface area (TPSA) is 72.0 Å². The summed E-state index contributed by atoms with van der Waals surface area (Å²) < 4.78 is 5.55. The number of nitrogens with one attached hydrogen (secondary N) is 1. The van der Waals surface area contributed by atoms with Gasteiger partial charge < -0.3 is 9.72 Å². The third-order valence-electron chi connectivity index (χ3n) is 4.88. The van der Waals surface area contributed by atoms with Gasteiger partial charge in [-0.25, -0.2) is 9.78 Å². The van der Waals surface area contributed by atoms with Crippen molar-refractivity contribution in [2.24, 2.45) is 0 Å². The second-order valence-corrected chi connectivity index (χ2v) is 6.71. The maximum atomic E-state index is 12.5. The Labute approximate surface area is 151 Å². The van der Waals surface area contributed by atoms with E-state index >= 15 is 0 Å². The van der Waals surface area contributed by atoms with Crippen LogP contribution in [0.1, 0.15) is 53.2 Å². The number of H-pyrrole nitrogens is 1. The Hall–Kier alpha value is -2.95. The molecule has 0 unspecified atom stereocenters. The second-order valence-electron chi connectivity index (χ2n) is 6.71. The lowest BCUT2D eigenvalue weighted by Crippen LogP contribution is -2.17. The molecular weight excluding hydrogens is 328 g/mol. The van der Waals surface area contributed by atoms with Crippen LogP contribution >= 0.6 is 0 Å². The standard InChI is InChI=1S/C21H20N2O3/c1-13(19-22-18-9-5-4-8-17(18)20(24)23-19)26-21(25)16-11-10-14-6-2-3-7-15(14)12-16/h4-5,8-13H,2-3,6-7H2,1H3,(H,22,23,24)/t13-/m1/s1. The Kier molecular flexibility index (Phi) is 4.29. The van der Waals surface area contributed by atoms with Crippen LogP contribution in [0.15, 0.2) is 47.3 Å². The second kappa shape index (κ2) is 6.75. The van der Waals surface area contributed by atoms with Gasteiger partial charge in [-0.15, -0.1) is 0 Å². The molecule has 0 spiro atoms. The van der Waals surface area contributed by atoms with Crippen LogP contribution in [0.25, 0.3) is 10.9 Å². The number of carbonyl (C=O) groups excluding carboxylic acids is 1. The van der Waals surface area contributed by atoms with Crippen molar-refractivity contribution < 1.29 is 9.53 Å². The van der Waals surface area contributed by atoms with Gasteiger partial charge in [0.05, 0.1) is 16.5 Å². The molecule has 0 saturated carbocycles.